The number of aromatic nitrogens is 1. The third-order valence-corrected chi connectivity index (χ3v) is 3.30. The molecular formula is C12H15ClF3N3O. The van der Waals surface area contributed by atoms with Crippen molar-refractivity contribution in [3.05, 3.63) is 22.8 Å². The van der Waals surface area contributed by atoms with Crippen LogP contribution in [0.5, 0.6) is 0 Å². The van der Waals surface area contributed by atoms with Crippen molar-refractivity contribution >= 4 is 17.4 Å². The Kier molecular flexibility index (Phi) is 4.72. The molecule has 1 fully saturated rings. The Balaban J connectivity index is 1.96. The second-order valence-electron chi connectivity index (χ2n) is 4.69. The van der Waals surface area contributed by atoms with Gasteiger partial charge in [0.05, 0.1) is 23.3 Å². The number of hydrogen-bond acceptors (Lipinski definition) is 4. The van der Waals surface area contributed by atoms with Crippen LogP contribution in [0.4, 0.5) is 19.0 Å². The average molecular weight is 310 g/mol. The molecule has 0 radical (unpaired) electrons. The van der Waals surface area contributed by atoms with E-state index in [2.05, 4.69) is 15.2 Å². The van der Waals surface area contributed by atoms with Crippen LogP contribution in [-0.4, -0.2) is 49.3 Å². The molecule has 20 heavy (non-hydrogen) atoms. The normalized spacial score (nSPS) is 20.9. The number of ether oxygens (including phenoxy) is 1. The largest absolute Gasteiger partial charge is 0.417 e. The fourth-order valence-corrected chi connectivity index (χ4v) is 2.16. The summed E-state index contributed by atoms with van der Waals surface area (Å²) >= 11 is 5.81. The van der Waals surface area contributed by atoms with E-state index in [1.807, 2.05) is 7.05 Å². The van der Waals surface area contributed by atoms with E-state index in [9.17, 15) is 13.2 Å². The number of anilines is 1. The Morgan fingerprint density at radius 3 is 2.90 bits per heavy atom. The first-order valence-corrected chi connectivity index (χ1v) is 6.51. The summed E-state index contributed by atoms with van der Waals surface area (Å²) in [5.41, 5.74) is -0.860. The van der Waals surface area contributed by atoms with Crippen molar-refractivity contribution in [2.45, 2.75) is 12.3 Å². The maximum absolute atomic E-state index is 12.5. The van der Waals surface area contributed by atoms with Gasteiger partial charge in [0.1, 0.15) is 5.82 Å². The number of pyridine rings is 1. The van der Waals surface area contributed by atoms with E-state index in [4.69, 9.17) is 16.3 Å². The minimum absolute atomic E-state index is 0.0334. The third-order valence-electron chi connectivity index (χ3n) is 3.01. The number of alkyl halides is 3. The lowest BCUT2D eigenvalue weighted by Gasteiger charge is -2.30. The fraction of sp³-hybridized carbons (Fsp3) is 0.583. The van der Waals surface area contributed by atoms with Crippen LogP contribution in [0.15, 0.2) is 12.3 Å². The zero-order valence-corrected chi connectivity index (χ0v) is 11.6. The highest BCUT2D eigenvalue weighted by Crippen LogP contribution is 2.32. The highest BCUT2D eigenvalue weighted by atomic mass is 35.5. The molecule has 1 aromatic rings. The van der Waals surface area contributed by atoms with Crippen LogP contribution in [0.1, 0.15) is 5.56 Å². The van der Waals surface area contributed by atoms with E-state index >= 15 is 0 Å². The highest BCUT2D eigenvalue weighted by molar-refractivity contribution is 6.32. The number of nitrogens with zero attached hydrogens (tertiary/aromatic N) is 2. The number of hydrogen-bond donors (Lipinski definition) is 1. The average Bonchev–Trinajstić information content (AvgIpc) is 2.36. The lowest BCUT2D eigenvalue weighted by Crippen LogP contribution is -2.43. The van der Waals surface area contributed by atoms with Gasteiger partial charge in [-0.1, -0.05) is 11.6 Å². The predicted octanol–water partition coefficient (Wildman–Crippen LogP) is 2.50. The summed E-state index contributed by atoms with van der Waals surface area (Å²) in [6.07, 6.45) is -3.71. The van der Waals surface area contributed by atoms with Crippen LogP contribution in [0.2, 0.25) is 5.02 Å². The van der Waals surface area contributed by atoms with Gasteiger partial charge < -0.3 is 15.0 Å². The van der Waals surface area contributed by atoms with Gasteiger partial charge in [-0.15, -0.1) is 0 Å². The summed E-state index contributed by atoms with van der Waals surface area (Å²) in [6, 6.07) is 0.866. The van der Waals surface area contributed by atoms with Crippen molar-refractivity contribution in [3.63, 3.8) is 0 Å². The van der Waals surface area contributed by atoms with Crippen molar-refractivity contribution in [1.29, 1.82) is 0 Å². The van der Waals surface area contributed by atoms with Crippen molar-refractivity contribution in [1.82, 2.24) is 9.88 Å². The maximum atomic E-state index is 12.5. The van der Waals surface area contributed by atoms with Crippen molar-refractivity contribution in [2.24, 2.45) is 0 Å². The monoisotopic (exact) mass is 309 g/mol. The molecule has 2 rings (SSSR count). The van der Waals surface area contributed by atoms with Gasteiger partial charge in [-0.05, 0) is 13.1 Å². The van der Waals surface area contributed by atoms with E-state index in [0.717, 1.165) is 25.4 Å². The van der Waals surface area contributed by atoms with E-state index in [-0.39, 0.29) is 16.9 Å². The molecule has 1 unspecified atom stereocenters. The molecular weight excluding hydrogens is 295 g/mol. The van der Waals surface area contributed by atoms with Gasteiger partial charge in [0.15, 0.2) is 0 Å². The number of likely N-dealkylation sites (N-methyl/N-ethyl adjacent to an activating group) is 1. The number of morpholine rings is 1. The molecule has 1 atom stereocenters. The van der Waals surface area contributed by atoms with Crippen LogP contribution in [0.3, 0.4) is 0 Å². The molecule has 1 aliphatic rings. The molecule has 1 aromatic heterocycles. The SMILES string of the molecule is CN1CCOC(CNc2ncc(C(F)(F)F)cc2Cl)C1. The van der Waals surface area contributed by atoms with Gasteiger partial charge in [0, 0.05) is 25.8 Å². The smallest absolute Gasteiger partial charge is 0.374 e. The zero-order valence-electron chi connectivity index (χ0n) is 10.9. The van der Waals surface area contributed by atoms with Gasteiger partial charge in [-0.2, -0.15) is 13.2 Å². The lowest BCUT2D eigenvalue weighted by atomic mass is 10.2. The topological polar surface area (TPSA) is 37.4 Å². The summed E-state index contributed by atoms with van der Waals surface area (Å²) in [4.78, 5) is 5.84. The van der Waals surface area contributed by atoms with Crippen LogP contribution in [0, 0.1) is 0 Å². The molecule has 4 nitrogen and oxygen atoms in total. The Morgan fingerprint density at radius 2 is 2.30 bits per heavy atom. The van der Waals surface area contributed by atoms with Crippen LogP contribution < -0.4 is 5.32 Å². The van der Waals surface area contributed by atoms with Crippen molar-refractivity contribution in [3.8, 4) is 0 Å². The molecule has 0 bridgehead atoms. The lowest BCUT2D eigenvalue weighted by molar-refractivity contribution is -0.137. The minimum atomic E-state index is -4.44. The van der Waals surface area contributed by atoms with Gasteiger partial charge in [-0.25, -0.2) is 4.98 Å². The second-order valence-corrected chi connectivity index (χ2v) is 5.10. The summed E-state index contributed by atoms with van der Waals surface area (Å²) in [6.45, 7) is 2.71. The fourth-order valence-electron chi connectivity index (χ4n) is 1.92. The summed E-state index contributed by atoms with van der Waals surface area (Å²) in [5.74, 6) is 0.233. The standard InChI is InChI=1S/C12H15ClF3N3O/c1-19-2-3-20-9(7-19)6-18-11-10(13)4-8(5-17-11)12(14,15)16/h4-5,9H,2-3,6-7H2,1H3,(H,17,18). The molecule has 112 valence electrons. The molecule has 1 aliphatic heterocycles. The first kappa shape index (κ1) is 15.3. The first-order valence-electron chi connectivity index (χ1n) is 6.13. The molecule has 1 saturated heterocycles. The van der Waals surface area contributed by atoms with Crippen LogP contribution >= 0.6 is 11.6 Å². The van der Waals surface area contributed by atoms with E-state index in [0.29, 0.717) is 13.2 Å². The third kappa shape index (κ3) is 3.97. The van der Waals surface area contributed by atoms with Crippen molar-refractivity contribution < 1.29 is 17.9 Å². The van der Waals surface area contributed by atoms with Gasteiger partial charge in [0.25, 0.3) is 0 Å². The Hall–Kier alpha value is -1.05. The molecule has 2 heterocycles. The molecule has 0 amide bonds. The molecule has 0 aliphatic carbocycles. The molecule has 1 N–H and O–H groups in total. The quantitative estimate of drug-likeness (QED) is 0.931. The number of nitrogens with one attached hydrogen (secondary N) is 1. The summed E-state index contributed by atoms with van der Waals surface area (Å²) in [7, 11) is 1.98. The Morgan fingerprint density at radius 1 is 1.55 bits per heavy atom. The number of rotatable bonds is 3. The number of halogens is 4. The molecule has 8 heteroatoms. The Labute approximate surface area is 119 Å². The van der Waals surface area contributed by atoms with Crippen LogP contribution in [-0.2, 0) is 10.9 Å². The summed E-state index contributed by atoms with van der Waals surface area (Å²) in [5, 5.41) is 2.87. The van der Waals surface area contributed by atoms with Crippen molar-refractivity contribution in [2.75, 3.05) is 38.6 Å². The van der Waals surface area contributed by atoms with Gasteiger partial charge >= 0.3 is 6.18 Å². The second kappa shape index (κ2) is 6.15. The van der Waals surface area contributed by atoms with E-state index < -0.39 is 11.7 Å². The Bertz CT molecular complexity index is 470. The highest BCUT2D eigenvalue weighted by Gasteiger charge is 2.31. The van der Waals surface area contributed by atoms with Gasteiger partial charge in [-0.3, -0.25) is 0 Å². The minimum Gasteiger partial charge on any atom is -0.374 e. The van der Waals surface area contributed by atoms with E-state index in [1.54, 1.807) is 0 Å². The predicted molar refractivity (Wildman–Crippen MR) is 70.0 cm³/mol. The molecule has 0 saturated carbocycles. The van der Waals surface area contributed by atoms with E-state index in [1.165, 1.54) is 0 Å². The summed E-state index contributed by atoms with van der Waals surface area (Å²) < 4.78 is 43.0. The van der Waals surface area contributed by atoms with Gasteiger partial charge in [0.2, 0.25) is 0 Å². The zero-order chi connectivity index (χ0) is 14.8. The van der Waals surface area contributed by atoms with Crippen LogP contribution in [0.25, 0.3) is 0 Å². The first-order chi connectivity index (χ1) is 9.36. The maximum Gasteiger partial charge on any atom is 0.417 e. The molecule has 0 aromatic carbocycles. The molecule has 0 spiro atoms.